The topological polar surface area (TPSA) is 125 Å². The van der Waals surface area contributed by atoms with Crippen molar-refractivity contribution in [3.8, 4) is 0 Å². The van der Waals surface area contributed by atoms with Gasteiger partial charge in [-0.25, -0.2) is 4.39 Å². The Morgan fingerprint density at radius 2 is 1.91 bits per heavy atom. The van der Waals surface area contributed by atoms with Gasteiger partial charge in [0.05, 0.1) is 6.42 Å². The molecular weight excluding hydrogens is 421 g/mol. The van der Waals surface area contributed by atoms with Crippen LogP contribution >= 0.6 is 0 Å². The number of nitrogens with one attached hydrogen (secondary N) is 2. The summed E-state index contributed by atoms with van der Waals surface area (Å²) in [6, 6.07) is 2.37. The highest BCUT2D eigenvalue weighted by molar-refractivity contribution is 5.98. The Bertz CT molecular complexity index is 967. The van der Waals surface area contributed by atoms with Crippen molar-refractivity contribution in [1.82, 2.24) is 15.5 Å². The summed E-state index contributed by atoms with van der Waals surface area (Å²) in [6.07, 6.45) is 3.99. The number of aliphatic hydroxyl groups excluding tert-OH is 1. The monoisotopic (exact) mass is 445 g/mol. The van der Waals surface area contributed by atoms with Crippen molar-refractivity contribution < 1.29 is 33.4 Å². The Kier molecular flexibility index (Phi) is 6.22. The van der Waals surface area contributed by atoms with Gasteiger partial charge in [-0.1, -0.05) is 18.2 Å². The molecule has 3 amide bonds. The van der Waals surface area contributed by atoms with Crippen LogP contribution in [0.5, 0.6) is 0 Å². The van der Waals surface area contributed by atoms with Crippen LogP contribution in [0.15, 0.2) is 36.4 Å². The number of amides is 3. The van der Waals surface area contributed by atoms with Gasteiger partial charge in [0.2, 0.25) is 18.1 Å². The number of hydrogen-bond donors (Lipinski definition) is 3. The summed E-state index contributed by atoms with van der Waals surface area (Å²) >= 11 is 0. The molecule has 2 unspecified atom stereocenters. The largest absolute Gasteiger partial charge is 0.434 e. The number of aliphatic hydroxyl groups is 1. The maximum absolute atomic E-state index is 13.5. The summed E-state index contributed by atoms with van der Waals surface area (Å²) in [7, 11) is 0. The molecular formula is C22H24FN3O6. The van der Waals surface area contributed by atoms with Crippen LogP contribution in [0, 0.1) is 5.82 Å². The van der Waals surface area contributed by atoms with E-state index in [0.717, 1.165) is 6.07 Å². The standard InChI is InChI=1S/C22H24FN3O6/c23-13-5-3-4-12(10-13)19(28)24-15-7-2-1-6-14-8-9-17(26(14)21(15)30)20(29)25-16-11-18(27)32-22(16)31/h1-5,10,14-17,22,31H,6-9,11H2,(H,24,28)(H,25,29)/b2-1-/t14-,15+,16?,17+,22?/m1/s1. The molecule has 5 atom stereocenters. The third-order valence-electron chi connectivity index (χ3n) is 6.01. The van der Waals surface area contributed by atoms with E-state index in [1.54, 1.807) is 0 Å². The molecule has 1 aromatic rings. The fourth-order valence-electron chi connectivity index (χ4n) is 4.41. The highest BCUT2D eigenvalue weighted by Gasteiger charge is 2.45. The Hall–Kier alpha value is -3.27. The second-order valence-electron chi connectivity index (χ2n) is 8.17. The molecule has 1 aromatic carbocycles. The van der Waals surface area contributed by atoms with E-state index < -0.39 is 53.9 Å². The zero-order valence-electron chi connectivity index (χ0n) is 17.2. The first-order chi connectivity index (χ1) is 15.3. The lowest BCUT2D eigenvalue weighted by molar-refractivity contribution is -0.155. The number of benzene rings is 1. The minimum absolute atomic E-state index is 0.0935. The normalized spacial score (nSPS) is 30.7. The molecule has 170 valence electrons. The lowest BCUT2D eigenvalue weighted by atomic mass is 10.0. The van der Waals surface area contributed by atoms with Crippen LogP contribution in [0.1, 0.15) is 42.5 Å². The predicted octanol–water partition coefficient (Wildman–Crippen LogP) is 0.384. The molecule has 3 N–H and O–H groups in total. The molecule has 0 spiro atoms. The van der Waals surface area contributed by atoms with Crippen molar-refractivity contribution in [3.63, 3.8) is 0 Å². The summed E-state index contributed by atoms with van der Waals surface area (Å²) in [5.74, 6) is -2.64. The van der Waals surface area contributed by atoms with Gasteiger partial charge in [-0.05, 0) is 43.9 Å². The van der Waals surface area contributed by atoms with Gasteiger partial charge in [0.25, 0.3) is 5.91 Å². The van der Waals surface area contributed by atoms with Gasteiger partial charge < -0.3 is 25.4 Å². The first-order valence-electron chi connectivity index (χ1n) is 10.5. The Morgan fingerprint density at radius 3 is 2.62 bits per heavy atom. The summed E-state index contributed by atoms with van der Waals surface area (Å²) < 4.78 is 18.1. The highest BCUT2D eigenvalue weighted by atomic mass is 19.1. The summed E-state index contributed by atoms with van der Waals surface area (Å²) in [6.45, 7) is 0. The minimum atomic E-state index is -1.42. The SMILES string of the molecule is O=C1CC(NC(=O)[C@@H]2CC[C@H]3C/C=C\C[C@H](NC(=O)c4cccc(F)c4)C(=O)N32)C(O)O1. The van der Waals surface area contributed by atoms with Gasteiger partial charge in [0.15, 0.2) is 0 Å². The van der Waals surface area contributed by atoms with Gasteiger partial charge in [-0.3, -0.25) is 19.2 Å². The number of halogens is 1. The summed E-state index contributed by atoms with van der Waals surface area (Å²) in [5.41, 5.74) is 0.0935. The van der Waals surface area contributed by atoms with Crippen LogP contribution in [0.4, 0.5) is 4.39 Å². The first-order valence-corrected chi connectivity index (χ1v) is 10.5. The Morgan fingerprint density at radius 1 is 1.12 bits per heavy atom. The van der Waals surface area contributed by atoms with Crippen LogP contribution in [0.2, 0.25) is 0 Å². The zero-order valence-corrected chi connectivity index (χ0v) is 17.2. The van der Waals surface area contributed by atoms with E-state index in [1.807, 2.05) is 12.2 Å². The number of carbonyl (C=O) groups is 4. The van der Waals surface area contributed by atoms with E-state index in [2.05, 4.69) is 15.4 Å². The molecule has 2 saturated heterocycles. The number of hydrogen-bond acceptors (Lipinski definition) is 6. The molecule has 2 fully saturated rings. The molecule has 0 radical (unpaired) electrons. The number of fused-ring (bicyclic) bond motifs is 1. The average molecular weight is 445 g/mol. The van der Waals surface area contributed by atoms with E-state index in [0.29, 0.717) is 19.3 Å². The summed E-state index contributed by atoms with van der Waals surface area (Å²) in [4.78, 5) is 51.7. The third-order valence-corrected chi connectivity index (χ3v) is 6.01. The first kappa shape index (κ1) is 21.9. The van der Waals surface area contributed by atoms with E-state index in [4.69, 9.17) is 0 Å². The van der Waals surface area contributed by atoms with Crippen LogP contribution in [-0.4, -0.2) is 64.2 Å². The maximum atomic E-state index is 13.5. The third kappa shape index (κ3) is 4.50. The molecule has 0 aliphatic carbocycles. The van der Waals surface area contributed by atoms with E-state index in [9.17, 15) is 28.7 Å². The Balaban J connectivity index is 1.49. The molecule has 3 aliphatic heterocycles. The zero-order chi connectivity index (χ0) is 22.8. The van der Waals surface area contributed by atoms with Crippen LogP contribution < -0.4 is 10.6 Å². The number of rotatable bonds is 4. The molecule has 3 aliphatic rings. The van der Waals surface area contributed by atoms with E-state index >= 15 is 0 Å². The van der Waals surface area contributed by atoms with Gasteiger partial charge in [-0.15, -0.1) is 0 Å². The smallest absolute Gasteiger partial charge is 0.310 e. The molecule has 3 heterocycles. The van der Waals surface area contributed by atoms with Crippen molar-refractivity contribution in [2.75, 3.05) is 0 Å². The fraction of sp³-hybridized carbons (Fsp3) is 0.455. The summed E-state index contributed by atoms with van der Waals surface area (Å²) in [5, 5.41) is 15.0. The second kappa shape index (κ2) is 9.07. The van der Waals surface area contributed by atoms with Crippen molar-refractivity contribution in [2.24, 2.45) is 0 Å². The van der Waals surface area contributed by atoms with Gasteiger partial charge in [0.1, 0.15) is 23.9 Å². The van der Waals surface area contributed by atoms with Crippen molar-refractivity contribution >= 4 is 23.7 Å². The van der Waals surface area contributed by atoms with Gasteiger partial charge >= 0.3 is 5.97 Å². The quantitative estimate of drug-likeness (QED) is 0.455. The minimum Gasteiger partial charge on any atom is -0.434 e. The highest BCUT2D eigenvalue weighted by Crippen LogP contribution is 2.30. The van der Waals surface area contributed by atoms with Crippen LogP contribution in [-0.2, 0) is 19.1 Å². The molecule has 0 bridgehead atoms. The predicted molar refractivity (Wildman–Crippen MR) is 108 cm³/mol. The van der Waals surface area contributed by atoms with Crippen LogP contribution in [0.3, 0.4) is 0 Å². The second-order valence-corrected chi connectivity index (χ2v) is 8.17. The maximum Gasteiger partial charge on any atom is 0.310 e. The van der Waals surface area contributed by atoms with E-state index in [-0.39, 0.29) is 24.4 Å². The molecule has 9 nitrogen and oxygen atoms in total. The average Bonchev–Trinajstić information content (AvgIpc) is 3.30. The lowest BCUT2D eigenvalue weighted by Crippen LogP contribution is -2.57. The number of esters is 1. The van der Waals surface area contributed by atoms with E-state index in [1.165, 1.54) is 23.1 Å². The van der Waals surface area contributed by atoms with Crippen molar-refractivity contribution in [2.45, 2.75) is 62.6 Å². The van der Waals surface area contributed by atoms with Crippen molar-refractivity contribution in [1.29, 1.82) is 0 Å². The molecule has 0 aromatic heterocycles. The molecule has 10 heteroatoms. The molecule has 0 saturated carbocycles. The molecule has 4 rings (SSSR count). The number of carbonyl (C=O) groups excluding carboxylic acids is 4. The Labute approximate surface area is 183 Å². The van der Waals surface area contributed by atoms with Gasteiger partial charge in [-0.2, -0.15) is 0 Å². The lowest BCUT2D eigenvalue weighted by Gasteiger charge is -2.34. The van der Waals surface area contributed by atoms with Gasteiger partial charge in [0, 0.05) is 11.6 Å². The fourth-order valence-corrected chi connectivity index (χ4v) is 4.41. The number of cyclic esters (lactones) is 1. The van der Waals surface area contributed by atoms with Crippen molar-refractivity contribution in [3.05, 3.63) is 47.8 Å². The van der Waals surface area contributed by atoms with Crippen LogP contribution in [0.25, 0.3) is 0 Å². The molecule has 32 heavy (non-hydrogen) atoms. The number of ether oxygens (including phenoxy) is 1. The number of nitrogens with zero attached hydrogens (tertiary/aromatic N) is 1.